The van der Waals surface area contributed by atoms with Crippen LogP contribution in [0.2, 0.25) is 0 Å². The fraction of sp³-hybridized carbons (Fsp3) is 0.294. The second kappa shape index (κ2) is 6.51. The Bertz CT molecular complexity index is 882. The molecule has 1 aliphatic heterocycles. The number of hydrogen-bond donors (Lipinski definition) is 2. The fourth-order valence-electron chi connectivity index (χ4n) is 2.81. The molecule has 2 aromatic rings. The fourth-order valence-corrected chi connectivity index (χ4v) is 4.06. The van der Waals surface area contributed by atoms with Crippen molar-refractivity contribution in [3.8, 4) is 5.75 Å². The molecule has 0 aliphatic carbocycles. The third kappa shape index (κ3) is 3.15. The Morgan fingerprint density at radius 3 is 2.71 bits per heavy atom. The molecule has 1 aliphatic rings. The van der Waals surface area contributed by atoms with Crippen LogP contribution in [-0.4, -0.2) is 15.5 Å². The van der Waals surface area contributed by atoms with Crippen molar-refractivity contribution in [2.75, 3.05) is 7.11 Å². The van der Waals surface area contributed by atoms with Crippen LogP contribution in [0.3, 0.4) is 0 Å². The van der Waals surface area contributed by atoms with E-state index in [2.05, 4.69) is 10.0 Å². The van der Waals surface area contributed by atoms with E-state index >= 15 is 0 Å². The maximum Gasteiger partial charge on any atom is 0.241 e. The number of fused-ring (bicyclic) bond motifs is 1. The molecule has 0 aromatic heterocycles. The maximum absolute atomic E-state index is 14.1. The van der Waals surface area contributed by atoms with Gasteiger partial charge in [0.1, 0.15) is 0 Å². The second-order valence-electron chi connectivity index (χ2n) is 5.74. The Labute approximate surface area is 140 Å². The monoisotopic (exact) mass is 350 g/mol. The number of halogens is 1. The summed E-state index contributed by atoms with van der Waals surface area (Å²) in [7, 11) is -2.47. The molecular weight excluding hydrogens is 331 g/mol. The van der Waals surface area contributed by atoms with Crippen molar-refractivity contribution in [1.82, 2.24) is 10.0 Å². The number of hydrogen-bond acceptors (Lipinski definition) is 4. The van der Waals surface area contributed by atoms with Gasteiger partial charge in [0.15, 0.2) is 11.6 Å². The van der Waals surface area contributed by atoms with Crippen LogP contribution in [0.4, 0.5) is 4.39 Å². The highest BCUT2D eigenvalue weighted by molar-refractivity contribution is 7.89. The molecule has 0 saturated carbocycles. The minimum atomic E-state index is -3.81. The van der Waals surface area contributed by atoms with Gasteiger partial charge in [-0.2, -0.15) is 0 Å². The van der Waals surface area contributed by atoms with E-state index in [1.807, 2.05) is 18.2 Å². The molecule has 0 unspecified atom stereocenters. The molecule has 7 heteroatoms. The summed E-state index contributed by atoms with van der Waals surface area (Å²) in [5.74, 6) is -0.637. The summed E-state index contributed by atoms with van der Waals surface area (Å²) in [5, 5.41) is 3.25. The van der Waals surface area contributed by atoms with Crippen LogP contribution in [0.25, 0.3) is 0 Å². The summed E-state index contributed by atoms with van der Waals surface area (Å²) in [6.07, 6.45) is 0. The zero-order valence-corrected chi connectivity index (χ0v) is 14.3. The topological polar surface area (TPSA) is 67.4 Å². The van der Waals surface area contributed by atoms with Gasteiger partial charge >= 0.3 is 0 Å². The first-order chi connectivity index (χ1) is 11.4. The normalized spacial score (nSPS) is 13.8. The molecule has 24 heavy (non-hydrogen) atoms. The smallest absolute Gasteiger partial charge is 0.241 e. The molecule has 3 rings (SSSR count). The van der Waals surface area contributed by atoms with Crippen LogP contribution in [0.5, 0.6) is 5.75 Å². The van der Waals surface area contributed by atoms with Crippen molar-refractivity contribution in [2.24, 2.45) is 0 Å². The van der Waals surface area contributed by atoms with Crippen molar-refractivity contribution in [3.05, 3.63) is 58.4 Å². The zero-order valence-electron chi connectivity index (χ0n) is 13.5. The summed E-state index contributed by atoms with van der Waals surface area (Å²) in [5.41, 5.74) is 3.32. The van der Waals surface area contributed by atoms with E-state index in [-0.39, 0.29) is 22.8 Å². The molecule has 0 amide bonds. The lowest BCUT2D eigenvalue weighted by atomic mass is 10.1. The van der Waals surface area contributed by atoms with Gasteiger partial charge in [0.05, 0.1) is 12.0 Å². The molecule has 0 spiro atoms. The highest BCUT2D eigenvalue weighted by Crippen LogP contribution is 2.26. The maximum atomic E-state index is 14.1. The van der Waals surface area contributed by atoms with Crippen LogP contribution in [-0.2, 0) is 29.7 Å². The number of rotatable bonds is 5. The number of sulfonamides is 1. The largest absolute Gasteiger partial charge is 0.494 e. The van der Waals surface area contributed by atoms with Gasteiger partial charge in [-0.15, -0.1) is 0 Å². The number of ether oxygens (including phenoxy) is 1. The van der Waals surface area contributed by atoms with Gasteiger partial charge in [-0.1, -0.05) is 18.2 Å². The Morgan fingerprint density at radius 2 is 1.96 bits per heavy atom. The standard InChI is InChI=1S/C17H19FN2O3S/c1-11-16(6-5-15(23-2)17(11)18)24(21,22)20-8-12-3-4-13-9-19-10-14(13)7-12/h3-7,19-20H,8-10H2,1-2H3. The molecule has 0 atom stereocenters. The van der Waals surface area contributed by atoms with Gasteiger partial charge < -0.3 is 10.1 Å². The predicted octanol–water partition coefficient (Wildman–Crippen LogP) is 2.22. The Morgan fingerprint density at radius 1 is 1.21 bits per heavy atom. The molecule has 128 valence electrons. The molecule has 0 fully saturated rings. The van der Waals surface area contributed by atoms with Crippen LogP contribution < -0.4 is 14.8 Å². The van der Waals surface area contributed by atoms with Gasteiger partial charge in [-0.25, -0.2) is 17.5 Å². The van der Waals surface area contributed by atoms with Crippen molar-refractivity contribution in [2.45, 2.75) is 31.5 Å². The van der Waals surface area contributed by atoms with Crippen LogP contribution in [0.15, 0.2) is 35.2 Å². The van der Waals surface area contributed by atoms with Gasteiger partial charge in [-0.05, 0) is 35.7 Å². The van der Waals surface area contributed by atoms with E-state index in [4.69, 9.17) is 4.74 Å². The van der Waals surface area contributed by atoms with Crippen LogP contribution >= 0.6 is 0 Å². The van der Waals surface area contributed by atoms with Crippen molar-refractivity contribution >= 4 is 10.0 Å². The summed E-state index contributed by atoms with van der Waals surface area (Å²) < 4.78 is 46.4. The van der Waals surface area contributed by atoms with Gasteiger partial charge in [-0.3, -0.25) is 0 Å². The molecule has 2 aromatic carbocycles. The second-order valence-corrected chi connectivity index (χ2v) is 7.47. The summed E-state index contributed by atoms with van der Waals surface area (Å²) in [6, 6.07) is 8.55. The van der Waals surface area contributed by atoms with E-state index in [0.717, 1.165) is 18.7 Å². The van der Waals surface area contributed by atoms with E-state index in [9.17, 15) is 12.8 Å². The zero-order chi connectivity index (χ0) is 17.3. The lowest BCUT2D eigenvalue weighted by Gasteiger charge is -2.12. The summed E-state index contributed by atoms with van der Waals surface area (Å²) >= 11 is 0. The van der Waals surface area contributed by atoms with Gasteiger partial charge in [0.25, 0.3) is 0 Å². The molecule has 0 saturated heterocycles. The summed E-state index contributed by atoms with van der Waals surface area (Å²) in [4.78, 5) is -0.0800. The quantitative estimate of drug-likeness (QED) is 0.868. The Balaban J connectivity index is 1.81. The van der Waals surface area contributed by atoms with E-state index in [0.29, 0.717) is 0 Å². The molecule has 5 nitrogen and oxygen atoms in total. The lowest BCUT2D eigenvalue weighted by molar-refractivity contribution is 0.384. The average molecular weight is 350 g/mol. The van der Waals surface area contributed by atoms with Crippen molar-refractivity contribution < 1.29 is 17.5 Å². The molecule has 0 radical (unpaired) electrons. The predicted molar refractivity (Wildman–Crippen MR) is 88.7 cm³/mol. The molecule has 1 heterocycles. The van der Waals surface area contributed by atoms with Crippen LogP contribution in [0.1, 0.15) is 22.3 Å². The average Bonchev–Trinajstić information content (AvgIpc) is 3.03. The molecule has 0 bridgehead atoms. The van der Waals surface area contributed by atoms with E-state index in [1.165, 1.54) is 37.3 Å². The van der Waals surface area contributed by atoms with Gasteiger partial charge in [0, 0.05) is 25.2 Å². The number of benzene rings is 2. The highest BCUT2D eigenvalue weighted by atomic mass is 32.2. The third-order valence-electron chi connectivity index (χ3n) is 4.18. The first-order valence-corrected chi connectivity index (χ1v) is 9.05. The third-order valence-corrected chi connectivity index (χ3v) is 5.72. The Hall–Kier alpha value is -1.96. The molecular formula is C17H19FN2O3S. The van der Waals surface area contributed by atoms with Gasteiger partial charge in [0.2, 0.25) is 10.0 Å². The van der Waals surface area contributed by atoms with Crippen molar-refractivity contribution in [1.29, 1.82) is 0 Å². The number of methoxy groups -OCH3 is 1. The minimum Gasteiger partial charge on any atom is -0.494 e. The number of nitrogens with one attached hydrogen (secondary N) is 2. The highest BCUT2D eigenvalue weighted by Gasteiger charge is 2.21. The first kappa shape index (κ1) is 16.9. The van der Waals surface area contributed by atoms with E-state index < -0.39 is 15.8 Å². The first-order valence-electron chi connectivity index (χ1n) is 7.56. The summed E-state index contributed by atoms with van der Waals surface area (Å²) in [6.45, 7) is 3.21. The Kier molecular flexibility index (Phi) is 4.58. The van der Waals surface area contributed by atoms with Crippen molar-refractivity contribution in [3.63, 3.8) is 0 Å². The van der Waals surface area contributed by atoms with E-state index in [1.54, 1.807) is 0 Å². The molecule has 2 N–H and O–H groups in total. The lowest BCUT2D eigenvalue weighted by Crippen LogP contribution is -2.24. The minimum absolute atomic E-state index is 0.0255. The SMILES string of the molecule is COc1ccc(S(=O)(=O)NCc2ccc3c(c2)CNC3)c(C)c1F. The van der Waals surface area contributed by atoms with Crippen LogP contribution in [0, 0.1) is 12.7 Å².